The molecule has 0 aromatic heterocycles. The summed E-state index contributed by atoms with van der Waals surface area (Å²) < 4.78 is 0. The fourth-order valence-electron chi connectivity index (χ4n) is 2.20. The lowest BCUT2D eigenvalue weighted by atomic mass is 9.81. The van der Waals surface area contributed by atoms with Crippen molar-refractivity contribution < 1.29 is 5.11 Å². The highest BCUT2D eigenvalue weighted by Gasteiger charge is 2.24. The van der Waals surface area contributed by atoms with Gasteiger partial charge in [-0.15, -0.1) is 5.92 Å². The van der Waals surface area contributed by atoms with E-state index in [4.69, 9.17) is 0 Å². The van der Waals surface area contributed by atoms with Gasteiger partial charge in [0.05, 0.1) is 6.10 Å². The van der Waals surface area contributed by atoms with E-state index in [2.05, 4.69) is 11.8 Å². The van der Waals surface area contributed by atoms with Gasteiger partial charge in [-0.25, -0.2) is 0 Å². The molecule has 0 bridgehead atoms. The molecular formula is C12H20O. The van der Waals surface area contributed by atoms with Crippen LogP contribution in [-0.4, -0.2) is 11.2 Å². The maximum absolute atomic E-state index is 9.97. The van der Waals surface area contributed by atoms with Gasteiger partial charge in [0.15, 0.2) is 0 Å². The van der Waals surface area contributed by atoms with Crippen LogP contribution in [0.5, 0.6) is 0 Å². The molecule has 1 nitrogen and oxygen atoms in total. The SMILES string of the molecule is CC#C[C@H](C)[C@H](O)C1CCCCC1. The van der Waals surface area contributed by atoms with Crippen LogP contribution >= 0.6 is 0 Å². The molecule has 1 N–H and O–H groups in total. The Kier molecular flexibility index (Phi) is 4.32. The Morgan fingerprint density at radius 3 is 2.38 bits per heavy atom. The molecule has 0 aromatic rings. The van der Waals surface area contributed by atoms with Crippen LogP contribution in [0, 0.1) is 23.7 Å². The van der Waals surface area contributed by atoms with Crippen molar-refractivity contribution in [2.24, 2.45) is 11.8 Å². The summed E-state index contributed by atoms with van der Waals surface area (Å²) in [6, 6.07) is 0. The Hall–Kier alpha value is -0.480. The first-order valence-electron chi connectivity index (χ1n) is 5.36. The summed E-state index contributed by atoms with van der Waals surface area (Å²) in [7, 11) is 0. The van der Waals surface area contributed by atoms with E-state index in [1.807, 2.05) is 13.8 Å². The van der Waals surface area contributed by atoms with Crippen molar-refractivity contribution in [1.29, 1.82) is 0 Å². The summed E-state index contributed by atoms with van der Waals surface area (Å²) in [4.78, 5) is 0. The first-order valence-corrected chi connectivity index (χ1v) is 5.36. The molecule has 0 unspecified atom stereocenters. The lowest BCUT2D eigenvalue weighted by Gasteiger charge is -2.28. The predicted octanol–water partition coefficient (Wildman–Crippen LogP) is 2.59. The zero-order valence-corrected chi connectivity index (χ0v) is 8.71. The molecule has 1 fully saturated rings. The van der Waals surface area contributed by atoms with Crippen molar-refractivity contribution in [3.8, 4) is 11.8 Å². The van der Waals surface area contributed by atoms with Gasteiger partial charge in [-0.1, -0.05) is 25.2 Å². The molecule has 0 spiro atoms. The third kappa shape index (κ3) is 3.04. The normalized spacial score (nSPS) is 23.0. The zero-order chi connectivity index (χ0) is 9.68. The van der Waals surface area contributed by atoms with Gasteiger partial charge in [-0.2, -0.15) is 0 Å². The molecule has 1 aliphatic carbocycles. The molecule has 1 saturated carbocycles. The summed E-state index contributed by atoms with van der Waals surface area (Å²) in [5, 5.41) is 9.97. The van der Waals surface area contributed by atoms with E-state index in [1.165, 1.54) is 32.1 Å². The predicted molar refractivity (Wildman–Crippen MR) is 55.2 cm³/mol. The summed E-state index contributed by atoms with van der Waals surface area (Å²) >= 11 is 0. The van der Waals surface area contributed by atoms with E-state index >= 15 is 0 Å². The number of hydrogen-bond donors (Lipinski definition) is 1. The molecule has 1 aliphatic rings. The van der Waals surface area contributed by atoms with Gasteiger partial charge in [-0.05, 0) is 32.6 Å². The summed E-state index contributed by atoms with van der Waals surface area (Å²) in [5.74, 6) is 6.57. The van der Waals surface area contributed by atoms with E-state index in [0.29, 0.717) is 5.92 Å². The standard InChI is InChI=1S/C12H20O/c1-3-7-10(2)12(13)11-8-5-4-6-9-11/h10-13H,4-6,8-9H2,1-2H3/t10-,12-/m0/s1. The average molecular weight is 180 g/mol. The molecule has 0 radical (unpaired) electrons. The largest absolute Gasteiger partial charge is 0.392 e. The highest BCUT2D eigenvalue weighted by atomic mass is 16.3. The number of aliphatic hydroxyl groups is 1. The molecule has 2 atom stereocenters. The topological polar surface area (TPSA) is 20.2 Å². The van der Waals surface area contributed by atoms with E-state index < -0.39 is 0 Å². The zero-order valence-electron chi connectivity index (χ0n) is 8.71. The van der Waals surface area contributed by atoms with Crippen LogP contribution in [0.15, 0.2) is 0 Å². The molecule has 1 heteroatoms. The third-order valence-corrected chi connectivity index (χ3v) is 3.02. The van der Waals surface area contributed by atoms with Crippen LogP contribution < -0.4 is 0 Å². The van der Waals surface area contributed by atoms with Crippen molar-refractivity contribution >= 4 is 0 Å². The summed E-state index contributed by atoms with van der Waals surface area (Å²) in [5.41, 5.74) is 0. The van der Waals surface area contributed by atoms with Crippen LogP contribution in [0.25, 0.3) is 0 Å². The molecule has 0 saturated heterocycles. The van der Waals surface area contributed by atoms with E-state index in [1.54, 1.807) is 0 Å². The van der Waals surface area contributed by atoms with Crippen LogP contribution in [-0.2, 0) is 0 Å². The minimum absolute atomic E-state index is 0.146. The van der Waals surface area contributed by atoms with Crippen molar-refractivity contribution in [3.05, 3.63) is 0 Å². The van der Waals surface area contributed by atoms with Gasteiger partial charge in [-0.3, -0.25) is 0 Å². The number of hydrogen-bond acceptors (Lipinski definition) is 1. The van der Waals surface area contributed by atoms with Crippen molar-refractivity contribution in [3.63, 3.8) is 0 Å². The fourth-order valence-corrected chi connectivity index (χ4v) is 2.20. The first-order chi connectivity index (χ1) is 6.25. The molecule has 13 heavy (non-hydrogen) atoms. The minimum Gasteiger partial charge on any atom is -0.392 e. The molecule has 1 rings (SSSR count). The Morgan fingerprint density at radius 2 is 1.85 bits per heavy atom. The van der Waals surface area contributed by atoms with Crippen molar-refractivity contribution in [2.45, 2.75) is 52.1 Å². The fraction of sp³-hybridized carbons (Fsp3) is 0.833. The van der Waals surface area contributed by atoms with Crippen LogP contribution in [0.1, 0.15) is 46.0 Å². The molecule has 0 aromatic carbocycles. The number of aliphatic hydroxyl groups excluding tert-OH is 1. The van der Waals surface area contributed by atoms with E-state index in [0.717, 1.165) is 0 Å². The molecule has 0 amide bonds. The Bertz CT molecular complexity index is 193. The summed E-state index contributed by atoms with van der Waals surface area (Å²) in [6.07, 6.45) is 6.10. The van der Waals surface area contributed by atoms with Gasteiger partial charge < -0.3 is 5.11 Å². The van der Waals surface area contributed by atoms with Crippen molar-refractivity contribution in [2.75, 3.05) is 0 Å². The molecule has 0 heterocycles. The van der Waals surface area contributed by atoms with Crippen molar-refractivity contribution in [1.82, 2.24) is 0 Å². The van der Waals surface area contributed by atoms with Gasteiger partial charge in [0.1, 0.15) is 0 Å². The Labute approximate surface area is 81.5 Å². The smallest absolute Gasteiger partial charge is 0.0703 e. The van der Waals surface area contributed by atoms with Crippen LogP contribution in [0.4, 0.5) is 0 Å². The molecule has 0 aliphatic heterocycles. The highest BCUT2D eigenvalue weighted by molar-refractivity contribution is 5.02. The van der Waals surface area contributed by atoms with Gasteiger partial charge in [0.25, 0.3) is 0 Å². The van der Waals surface area contributed by atoms with Gasteiger partial charge in [0, 0.05) is 5.92 Å². The second-order valence-electron chi connectivity index (χ2n) is 4.07. The summed E-state index contributed by atoms with van der Waals surface area (Å²) in [6.45, 7) is 3.86. The lowest BCUT2D eigenvalue weighted by molar-refractivity contribution is 0.0586. The maximum atomic E-state index is 9.97. The average Bonchev–Trinajstić information content (AvgIpc) is 2.18. The Morgan fingerprint density at radius 1 is 1.23 bits per heavy atom. The molecule has 74 valence electrons. The Balaban J connectivity index is 2.43. The maximum Gasteiger partial charge on any atom is 0.0703 e. The van der Waals surface area contributed by atoms with Gasteiger partial charge in [0.2, 0.25) is 0 Å². The number of rotatable bonds is 2. The molecular weight excluding hydrogens is 160 g/mol. The first kappa shape index (κ1) is 10.6. The second-order valence-corrected chi connectivity index (χ2v) is 4.07. The highest BCUT2D eigenvalue weighted by Crippen LogP contribution is 2.29. The van der Waals surface area contributed by atoms with E-state index in [-0.39, 0.29) is 12.0 Å². The van der Waals surface area contributed by atoms with Crippen LogP contribution in [0.2, 0.25) is 0 Å². The van der Waals surface area contributed by atoms with Gasteiger partial charge >= 0.3 is 0 Å². The monoisotopic (exact) mass is 180 g/mol. The van der Waals surface area contributed by atoms with E-state index in [9.17, 15) is 5.11 Å². The quantitative estimate of drug-likeness (QED) is 0.648. The minimum atomic E-state index is -0.201. The third-order valence-electron chi connectivity index (χ3n) is 3.02. The lowest BCUT2D eigenvalue weighted by Crippen LogP contribution is -2.28. The second kappa shape index (κ2) is 5.29. The van der Waals surface area contributed by atoms with Crippen LogP contribution in [0.3, 0.4) is 0 Å².